The summed E-state index contributed by atoms with van der Waals surface area (Å²) in [6, 6.07) is 16.6. The number of carbonyl (C=O) groups is 1. The van der Waals surface area contributed by atoms with Crippen molar-refractivity contribution < 1.29 is 19.4 Å². The number of benzene rings is 2. The first-order chi connectivity index (χ1) is 21.9. The molecule has 2 aromatic carbocycles. The molecular weight excluding hydrogens is 558 g/mol. The maximum Gasteiger partial charge on any atom is 0.303 e. The number of carboxylic acid groups (broad SMARTS) is 1. The van der Waals surface area contributed by atoms with Crippen molar-refractivity contribution in [2.75, 3.05) is 20.8 Å². The van der Waals surface area contributed by atoms with Crippen LogP contribution in [0.5, 0.6) is 11.5 Å². The Kier molecular flexibility index (Phi) is 27.6. The lowest BCUT2D eigenvalue weighted by Gasteiger charge is -2.15. The molecular formula is C40H65NO4. The molecule has 0 amide bonds. The van der Waals surface area contributed by atoms with E-state index in [4.69, 9.17) is 20.3 Å². The van der Waals surface area contributed by atoms with Gasteiger partial charge in [0.05, 0.1) is 14.2 Å². The highest BCUT2D eigenvalue weighted by atomic mass is 16.5. The average Bonchev–Trinajstić information content (AvgIpc) is 3.06. The fraction of sp³-hybridized carbons (Fsp3) is 0.575. The van der Waals surface area contributed by atoms with Gasteiger partial charge in [-0.1, -0.05) is 115 Å². The minimum absolute atomic E-state index is 0.332. The van der Waals surface area contributed by atoms with E-state index in [2.05, 4.69) is 57.2 Å². The Labute approximate surface area is 276 Å². The van der Waals surface area contributed by atoms with E-state index in [0.717, 1.165) is 43.7 Å². The van der Waals surface area contributed by atoms with Gasteiger partial charge in [-0.25, -0.2) is 0 Å². The van der Waals surface area contributed by atoms with E-state index >= 15 is 0 Å². The molecule has 0 saturated carbocycles. The van der Waals surface area contributed by atoms with Gasteiger partial charge in [-0.3, -0.25) is 4.79 Å². The normalized spacial score (nSPS) is 11.2. The average molecular weight is 624 g/mol. The van der Waals surface area contributed by atoms with Gasteiger partial charge in [0.2, 0.25) is 0 Å². The van der Waals surface area contributed by atoms with Crippen LogP contribution in [-0.2, 0) is 4.79 Å². The molecule has 45 heavy (non-hydrogen) atoms. The van der Waals surface area contributed by atoms with Crippen LogP contribution in [0.1, 0.15) is 142 Å². The molecule has 0 atom stereocenters. The molecule has 0 aromatic heterocycles. The summed E-state index contributed by atoms with van der Waals surface area (Å²) in [5.41, 5.74) is 10.1. The van der Waals surface area contributed by atoms with Gasteiger partial charge >= 0.3 is 5.97 Å². The lowest BCUT2D eigenvalue weighted by atomic mass is 9.91. The summed E-state index contributed by atoms with van der Waals surface area (Å²) in [5, 5.41) is 8.51. The number of unbranched alkanes of at least 4 members (excludes halogenated alkanes) is 11. The Morgan fingerprint density at radius 2 is 0.978 bits per heavy atom. The van der Waals surface area contributed by atoms with Gasteiger partial charge in [0.1, 0.15) is 11.5 Å². The Morgan fingerprint density at radius 3 is 1.31 bits per heavy atom. The Bertz CT molecular complexity index is 968. The maximum atomic E-state index is 10.3. The molecule has 0 radical (unpaired) electrons. The molecule has 5 heteroatoms. The highest BCUT2D eigenvalue weighted by Gasteiger charge is 2.09. The summed E-state index contributed by atoms with van der Waals surface area (Å²) >= 11 is 0. The molecule has 2 rings (SSSR count). The van der Waals surface area contributed by atoms with E-state index in [9.17, 15) is 4.79 Å². The van der Waals surface area contributed by atoms with Crippen LogP contribution in [0.25, 0.3) is 11.1 Å². The molecule has 0 saturated heterocycles. The van der Waals surface area contributed by atoms with Crippen LogP contribution in [0.2, 0.25) is 0 Å². The van der Waals surface area contributed by atoms with Crippen molar-refractivity contribution in [2.24, 2.45) is 5.73 Å². The number of methoxy groups -OCH3 is 2. The number of aliphatic carboxylic acids is 1. The van der Waals surface area contributed by atoms with Crippen LogP contribution in [-0.4, -0.2) is 31.8 Å². The molecule has 2 aromatic rings. The van der Waals surface area contributed by atoms with Crippen LogP contribution in [0, 0.1) is 0 Å². The highest BCUT2D eigenvalue weighted by molar-refractivity contribution is 5.90. The van der Waals surface area contributed by atoms with Gasteiger partial charge in [-0.2, -0.15) is 0 Å². The minimum atomic E-state index is -0.664. The molecule has 0 heterocycles. The Morgan fingerprint density at radius 1 is 0.622 bits per heavy atom. The van der Waals surface area contributed by atoms with E-state index < -0.39 is 5.97 Å². The van der Waals surface area contributed by atoms with Crippen LogP contribution < -0.4 is 15.2 Å². The second kappa shape index (κ2) is 29.6. The predicted octanol–water partition coefficient (Wildman–Crippen LogP) is 11.5. The van der Waals surface area contributed by atoms with E-state index in [0.29, 0.717) is 6.42 Å². The molecule has 0 aliphatic heterocycles. The third-order valence-corrected chi connectivity index (χ3v) is 7.60. The molecule has 0 fully saturated rings. The number of allylic oxidation sites excluding steroid dienone is 4. The van der Waals surface area contributed by atoms with Gasteiger partial charge in [0.15, 0.2) is 0 Å². The third kappa shape index (κ3) is 21.3. The summed E-state index contributed by atoms with van der Waals surface area (Å²) in [4.78, 5) is 10.3. The molecule has 254 valence electrons. The zero-order valence-electron chi connectivity index (χ0n) is 29.5. The number of hydrogen-bond acceptors (Lipinski definition) is 4. The zero-order valence-corrected chi connectivity index (χ0v) is 29.5. The van der Waals surface area contributed by atoms with Crippen LogP contribution in [0.15, 0.2) is 60.7 Å². The van der Waals surface area contributed by atoms with Gasteiger partial charge in [0.25, 0.3) is 0 Å². The molecule has 0 aliphatic carbocycles. The topological polar surface area (TPSA) is 81.8 Å². The lowest BCUT2D eigenvalue weighted by Crippen LogP contribution is -1.93. The summed E-state index contributed by atoms with van der Waals surface area (Å²) in [7, 11) is 3.39. The molecule has 0 bridgehead atoms. The summed E-state index contributed by atoms with van der Waals surface area (Å²) in [6.45, 7) is 9.33. The monoisotopic (exact) mass is 623 g/mol. The smallest absolute Gasteiger partial charge is 0.303 e. The third-order valence-electron chi connectivity index (χ3n) is 7.60. The van der Waals surface area contributed by atoms with Crippen molar-refractivity contribution in [1.29, 1.82) is 0 Å². The predicted molar refractivity (Wildman–Crippen MR) is 195 cm³/mol. The first-order valence-electron chi connectivity index (χ1n) is 17.5. The minimum Gasteiger partial charge on any atom is -0.497 e. The Balaban J connectivity index is 0.000000795. The van der Waals surface area contributed by atoms with Crippen molar-refractivity contribution in [3.05, 3.63) is 71.8 Å². The van der Waals surface area contributed by atoms with Crippen LogP contribution in [0.3, 0.4) is 0 Å². The number of ether oxygens (including phenoxy) is 2. The largest absolute Gasteiger partial charge is 0.497 e. The molecule has 0 spiro atoms. The van der Waals surface area contributed by atoms with Crippen molar-refractivity contribution >= 4 is 17.1 Å². The van der Waals surface area contributed by atoms with Crippen LogP contribution >= 0.6 is 0 Å². The van der Waals surface area contributed by atoms with Gasteiger partial charge in [-0.05, 0) is 98.0 Å². The van der Waals surface area contributed by atoms with E-state index in [1.54, 1.807) is 14.2 Å². The second-order valence-corrected chi connectivity index (χ2v) is 11.3. The van der Waals surface area contributed by atoms with Crippen molar-refractivity contribution in [2.45, 2.75) is 130 Å². The van der Waals surface area contributed by atoms with E-state index in [1.807, 2.05) is 31.2 Å². The standard InChI is InChI=1S/C20H24O2.C18H34O2.C2H7N/c1-5-19(15-7-11-17(21-3)12-8-15)20(6-2)16-9-13-18(22-4)14-10-16;1-2-3-4-5-6-7-8-9-10-11-12-13-14-15-16-17-18(19)20;1-2-3/h7-14H,5-6H2,1-4H3;9-10H,2-8,11-17H2,1H3,(H,19,20);2-3H2,1H3/b20-19+;10-9-;. The number of rotatable bonds is 21. The van der Waals surface area contributed by atoms with E-state index in [-0.39, 0.29) is 0 Å². The molecule has 0 unspecified atom stereocenters. The second-order valence-electron chi connectivity index (χ2n) is 11.3. The van der Waals surface area contributed by atoms with Crippen molar-refractivity contribution in [3.63, 3.8) is 0 Å². The quantitative estimate of drug-likeness (QED) is 0.0821. The van der Waals surface area contributed by atoms with Crippen LogP contribution in [0.4, 0.5) is 0 Å². The Hall–Kier alpha value is -3.05. The van der Waals surface area contributed by atoms with Gasteiger partial charge < -0.3 is 20.3 Å². The van der Waals surface area contributed by atoms with Gasteiger partial charge in [0, 0.05) is 6.42 Å². The molecule has 3 N–H and O–H groups in total. The fourth-order valence-corrected chi connectivity index (χ4v) is 5.11. The molecule has 0 aliphatic rings. The summed E-state index contributed by atoms with van der Waals surface area (Å²) < 4.78 is 10.5. The first kappa shape index (κ1) is 42.0. The maximum absolute atomic E-state index is 10.3. The van der Waals surface area contributed by atoms with Crippen molar-refractivity contribution in [1.82, 2.24) is 0 Å². The lowest BCUT2D eigenvalue weighted by molar-refractivity contribution is -0.137. The van der Waals surface area contributed by atoms with Gasteiger partial charge in [-0.15, -0.1) is 0 Å². The number of carboxylic acids is 1. The summed E-state index contributed by atoms with van der Waals surface area (Å²) in [5.74, 6) is 1.12. The summed E-state index contributed by atoms with van der Waals surface area (Å²) in [6.07, 6.45) is 23.2. The fourth-order valence-electron chi connectivity index (χ4n) is 5.11. The number of nitrogens with two attached hydrogens (primary N) is 1. The zero-order chi connectivity index (χ0) is 33.5. The highest BCUT2D eigenvalue weighted by Crippen LogP contribution is 2.32. The SMILES string of the molecule is CC/C(=C(/CC)c1ccc(OC)cc1)c1ccc(OC)cc1.CCCCCCCC/C=C\CCCCCCCC(=O)O.CCN. The van der Waals surface area contributed by atoms with E-state index in [1.165, 1.54) is 92.9 Å². The van der Waals surface area contributed by atoms with Crippen molar-refractivity contribution in [3.8, 4) is 11.5 Å². The first-order valence-corrected chi connectivity index (χ1v) is 17.5. The number of hydrogen-bond donors (Lipinski definition) is 2. The molecule has 5 nitrogen and oxygen atoms in total.